The first-order valence-electron chi connectivity index (χ1n) is 8.60. The highest BCUT2D eigenvalue weighted by molar-refractivity contribution is 14.0. The molecule has 1 atom stereocenters. The third-order valence-corrected chi connectivity index (χ3v) is 4.80. The van der Waals surface area contributed by atoms with Gasteiger partial charge in [-0.1, -0.05) is 18.2 Å². The lowest BCUT2D eigenvalue weighted by Crippen LogP contribution is -2.40. The van der Waals surface area contributed by atoms with E-state index in [0.29, 0.717) is 6.54 Å². The van der Waals surface area contributed by atoms with Crippen LogP contribution in [0.25, 0.3) is 0 Å². The third kappa shape index (κ3) is 5.24. The molecule has 1 heterocycles. The number of aliphatic imine (C=N–C) groups is 1. The van der Waals surface area contributed by atoms with Crippen molar-refractivity contribution in [2.24, 2.45) is 10.9 Å². The van der Waals surface area contributed by atoms with Gasteiger partial charge >= 0.3 is 0 Å². The summed E-state index contributed by atoms with van der Waals surface area (Å²) in [6, 6.07) is 8.96. The summed E-state index contributed by atoms with van der Waals surface area (Å²) in [5.74, 6) is 2.51. The number of nitrogens with one attached hydrogen (secondary N) is 2. The van der Waals surface area contributed by atoms with Gasteiger partial charge < -0.3 is 20.3 Å². The first-order valence-corrected chi connectivity index (χ1v) is 8.60. The second-order valence-electron chi connectivity index (χ2n) is 6.50. The fraction of sp³-hybridized carbons (Fsp3) is 0.611. The van der Waals surface area contributed by atoms with E-state index in [-0.39, 0.29) is 24.0 Å². The Morgan fingerprint density at radius 1 is 1.25 bits per heavy atom. The van der Waals surface area contributed by atoms with Crippen molar-refractivity contribution in [2.75, 3.05) is 33.8 Å². The number of rotatable bonds is 6. The Labute approximate surface area is 162 Å². The Morgan fingerprint density at radius 3 is 2.75 bits per heavy atom. The molecule has 0 radical (unpaired) electrons. The van der Waals surface area contributed by atoms with Crippen LogP contribution in [0.4, 0.5) is 0 Å². The lowest BCUT2D eigenvalue weighted by Gasteiger charge is -2.17. The first-order chi connectivity index (χ1) is 11.3. The van der Waals surface area contributed by atoms with Crippen molar-refractivity contribution < 1.29 is 4.74 Å². The van der Waals surface area contributed by atoms with Crippen molar-refractivity contribution in [3.63, 3.8) is 0 Å². The number of hydrogen-bond acceptors (Lipinski definition) is 3. The van der Waals surface area contributed by atoms with Gasteiger partial charge in [-0.2, -0.15) is 0 Å². The normalized spacial score (nSPS) is 21.2. The molecule has 24 heavy (non-hydrogen) atoms. The number of guanidine groups is 1. The van der Waals surface area contributed by atoms with Crippen LogP contribution >= 0.6 is 24.0 Å². The summed E-state index contributed by atoms with van der Waals surface area (Å²) in [5, 5.41) is 6.85. The molecule has 2 aliphatic rings. The Balaban J connectivity index is 0.00000208. The Bertz CT molecular complexity index is 548. The Kier molecular flexibility index (Phi) is 7.61. The van der Waals surface area contributed by atoms with Crippen LogP contribution in [0, 0.1) is 5.92 Å². The van der Waals surface area contributed by atoms with Crippen LogP contribution in [-0.2, 0) is 6.54 Å². The van der Waals surface area contributed by atoms with Crippen molar-refractivity contribution in [3.8, 4) is 5.75 Å². The van der Waals surface area contributed by atoms with Gasteiger partial charge in [0.15, 0.2) is 5.96 Å². The average Bonchev–Trinajstić information content (AvgIpc) is 3.34. The van der Waals surface area contributed by atoms with E-state index in [9.17, 15) is 0 Å². The van der Waals surface area contributed by atoms with E-state index in [2.05, 4.69) is 26.6 Å². The average molecular weight is 444 g/mol. The van der Waals surface area contributed by atoms with Crippen molar-refractivity contribution in [3.05, 3.63) is 29.8 Å². The maximum atomic E-state index is 5.39. The predicted octanol–water partition coefficient (Wildman–Crippen LogP) is 2.46. The molecule has 0 bridgehead atoms. The fourth-order valence-electron chi connectivity index (χ4n) is 3.29. The summed E-state index contributed by atoms with van der Waals surface area (Å²) in [7, 11) is 3.53. The van der Waals surface area contributed by atoms with Gasteiger partial charge in [0.1, 0.15) is 5.75 Å². The topological polar surface area (TPSA) is 48.9 Å². The Hall–Kier alpha value is -1.02. The number of likely N-dealkylation sites (tertiary alicyclic amines) is 1. The molecule has 3 rings (SSSR count). The van der Waals surface area contributed by atoms with Gasteiger partial charge in [0.25, 0.3) is 0 Å². The minimum Gasteiger partial charge on any atom is -0.496 e. The van der Waals surface area contributed by atoms with Crippen LogP contribution < -0.4 is 15.4 Å². The third-order valence-electron chi connectivity index (χ3n) is 4.80. The number of methoxy groups -OCH3 is 1. The van der Waals surface area contributed by atoms with Crippen LogP contribution in [0.15, 0.2) is 29.3 Å². The SMILES string of the molecule is CN=C(NCc1ccccc1OC)NCC1CCN(C2CC2)C1.I. The molecule has 1 aromatic rings. The van der Waals surface area contributed by atoms with E-state index in [1.54, 1.807) is 7.11 Å². The molecule has 2 N–H and O–H groups in total. The van der Waals surface area contributed by atoms with Gasteiger partial charge in [0, 0.05) is 38.3 Å². The smallest absolute Gasteiger partial charge is 0.191 e. The number of nitrogens with zero attached hydrogens (tertiary/aromatic N) is 2. The minimum absolute atomic E-state index is 0. The molecule has 6 heteroatoms. The molecular weight excluding hydrogens is 415 g/mol. The standard InChI is InChI=1S/C18H28N4O.HI/c1-19-18(21-12-15-5-3-4-6-17(15)23-2)20-11-14-9-10-22(13-14)16-7-8-16;/h3-6,14,16H,7-13H2,1-2H3,(H2,19,20,21);1H. The van der Waals surface area contributed by atoms with Crippen LogP contribution in [0.1, 0.15) is 24.8 Å². The monoisotopic (exact) mass is 444 g/mol. The molecular formula is C18H29IN4O. The molecule has 1 aliphatic carbocycles. The maximum Gasteiger partial charge on any atom is 0.191 e. The van der Waals surface area contributed by atoms with Crippen molar-refractivity contribution in [1.29, 1.82) is 0 Å². The highest BCUT2D eigenvalue weighted by atomic mass is 127. The highest BCUT2D eigenvalue weighted by Gasteiger charge is 2.34. The summed E-state index contributed by atoms with van der Waals surface area (Å²) >= 11 is 0. The van der Waals surface area contributed by atoms with E-state index in [1.165, 1.54) is 32.4 Å². The van der Waals surface area contributed by atoms with E-state index in [1.807, 2.05) is 25.2 Å². The van der Waals surface area contributed by atoms with Crippen LogP contribution in [0.5, 0.6) is 5.75 Å². The van der Waals surface area contributed by atoms with E-state index >= 15 is 0 Å². The molecule has 1 aromatic carbocycles. The molecule has 1 saturated heterocycles. The van der Waals surface area contributed by atoms with Gasteiger partial charge in [-0.25, -0.2) is 0 Å². The maximum absolute atomic E-state index is 5.39. The summed E-state index contributed by atoms with van der Waals surface area (Å²) in [5.41, 5.74) is 1.14. The van der Waals surface area contributed by atoms with Gasteiger partial charge in [-0.05, 0) is 37.8 Å². The molecule has 0 aromatic heterocycles. The van der Waals surface area contributed by atoms with Crippen molar-refractivity contribution in [1.82, 2.24) is 15.5 Å². The zero-order valence-electron chi connectivity index (χ0n) is 14.6. The van der Waals surface area contributed by atoms with Gasteiger partial charge in [-0.3, -0.25) is 4.99 Å². The number of benzene rings is 1. The molecule has 1 saturated carbocycles. The number of ether oxygens (including phenoxy) is 1. The zero-order chi connectivity index (χ0) is 16.1. The van der Waals surface area contributed by atoms with Crippen LogP contribution in [0.2, 0.25) is 0 Å². The second-order valence-corrected chi connectivity index (χ2v) is 6.50. The molecule has 1 aliphatic heterocycles. The zero-order valence-corrected chi connectivity index (χ0v) is 17.0. The summed E-state index contributed by atoms with van der Waals surface area (Å²) in [4.78, 5) is 6.98. The minimum atomic E-state index is 0. The molecule has 0 spiro atoms. The summed E-state index contributed by atoms with van der Waals surface area (Å²) in [6.07, 6.45) is 4.11. The van der Waals surface area contributed by atoms with E-state index in [0.717, 1.165) is 35.8 Å². The van der Waals surface area contributed by atoms with Gasteiger partial charge in [0.2, 0.25) is 0 Å². The number of halogens is 1. The fourth-order valence-corrected chi connectivity index (χ4v) is 3.29. The molecule has 134 valence electrons. The summed E-state index contributed by atoms with van der Waals surface area (Å²) in [6.45, 7) is 4.21. The molecule has 2 fully saturated rings. The lowest BCUT2D eigenvalue weighted by molar-refractivity contribution is 0.314. The van der Waals surface area contributed by atoms with Crippen molar-refractivity contribution >= 4 is 29.9 Å². The highest BCUT2D eigenvalue weighted by Crippen LogP contribution is 2.31. The number of para-hydroxylation sites is 1. The first kappa shape index (κ1) is 19.3. The predicted molar refractivity (Wildman–Crippen MR) is 109 cm³/mol. The molecule has 1 unspecified atom stereocenters. The molecule has 5 nitrogen and oxygen atoms in total. The molecule has 0 amide bonds. The summed E-state index contributed by atoms with van der Waals surface area (Å²) < 4.78 is 5.39. The van der Waals surface area contributed by atoms with Gasteiger partial charge in [-0.15, -0.1) is 24.0 Å². The van der Waals surface area contributed by atoms with Crippen LogP contribution in [0.3, 0.4) is 0 Å². The van der Waals surface area contributed by atoms with E-state index < -0.39 is 0 Å². The van der Waals surface area contributed by atoms with Crippen LogP contribution in [-0.4, -0.2) is 50.7 Å². The van der Waals surface area contributed by atoms with Crippen molar-refractivity contribution in [2.45, 2.75) is 31.8 Å². The largest absolute Gasteiger partial charge is 0.496 e. The quantitative estimate of drug-likeness (QED) is 0.402. The van der Waals surface area contributed by atoms with E-state index in [4.69, 9.17) is 4.74 Å². The second kappa shape index (κ2) is 9.46. The number of hydrogen-bond donors (Lipinski definition) is 2. The van der Waals surface area contributed by atoms with Gasteiger partial charge in [0.05, 0.1) is 7.11 Å². The lowest BCUT2D eigenvalue weighted by atomic mass is 10.1. The Morgan fingerprint density at radius 2 is 2.04 bits per heavy atom.